The van der Waals surface area contributed by atoms with Gasteiger partial charge in [-0.25, -0.2) is 4.98 Å². The van der Waals surface area contributed by atoms with Crippen molar-refractivity contribution in [1.82, 2.24) is 10.3 Å². The van der Waals surface area contributed by atoms with E-state index in [0.29, 0.717) is 10.9 Å². The van der Waals surface area contributed by atoms with Gasteiger partial charge in [0, 0.05) is 18.3 Å². The van der Waals surface area contributed by atoms with Crippen LogP contribution < -0.4 is 10.6 Å². The highest BCUT2D eigenvalue weighted by Gasteiger charge is 2.02. The van der Waals surface area contributed by atoms with Crippen molar-refractivity contribution >= 4 is 39.1 Å². The Morgan fingerprint density at radius 2 is 2.19 bits per heavy atom. The van der Waals surface area contributed by atoms with E-state index >= 15 is 0 Å². The van der Waals surface area contributed by atoms with Gasteiger partial charge in [0.2, 0.25) is 0 Å². The number of benzene rings is 1. The van der Waals surface area contributed by atoms with Gasteiger partial charge in [0.05, 0.1) is 4.47 Å². The first-order valence-electron chi connectivity index (χ1n) is 6.40. The molecule has 0 saturated carbocycles. The Hall–Kier alpha value is -1.90. The molecule has 2 rings (SSSR count). The Balaban J connectivity index is 1.82. The van der Waals surface area contributed by atoms with Gasteiger partial charge < -0.3 is 10.6 Å². The largest absolute Gasteiger partial charge is 0.362 e. The zero-order valence-electron chi connectivity index (χ0n) is 11.3. The van der Waals surface area contributed by atoms with Crippen LogP contribution in [0.1, 0.15) is 11.1 Å². The Morgan fingerprint density at radius 3 is 2.95 bits per heavy atom. The van der Waals surface area contributed by atoms with Gasteiger partial charge >= 0.3 is 0 Å². The fourth-order valence-electron chi connectivity index (χ4n) is 1.77. The van der Waals surface area contributed by atoms with E-state index in [-0.39, 0.29) is 0 Å². The first kappa shape index (κ1) is 15.5. The summed E-state index contributed by atoms with van der Waals surface area (Å²) in [5, 5.41) is 6.75. The number of halogens is 1. The van der Waals surface area contributed by atoms with Crippen LogP contribution in [-0.4, -0.2) is 16.6 Å². The van der Waals surface area contributed by atoms with E-state index in [9.17, 15) is 0 Å². The number of nitrogens with zero attached hydrogens (tertiary/aromatic N) is 1. The highest BCUT2D eigenvalue weighted by Crippen LogP contribution is 2.17. The van der Waals surface area contributed by atoms with Gasteiger partial charge in [-0.1, -0.05) is 18.1 Å². The van der Waals surface area contributed by atoms with Gasteiger partial charge in [0.25, 0.3) is 0 Å². The van der Waals surface area contributed by atoms with E-state index in [1.165, 1.54) is 5.56 Å². The molecular formula is C16H14BrN3S. The Labute approximate surface area is 138 Å². The molecule has 5 heteroatoms. The summed E-state index contributed by atoms with van der Waals surface area (Å²) >= 11 is 8.66. The van der Waals surface area contributed by atoms with Gasteiger partial charge in [-0.05, 0) is 64.4 Å². The highest BCUT2D eigenvalue weighted by atomic mass is 79.9. The molecule has 0 radical (unpaired) electrons. The van der Waals surface area contributed by atoms with Crippen LogP contribution in [0.5, 0.6) is 0 Å². The van der Waals surface area contributed by atoms with Crippen LogP contribution >= 0.6 is 28.1 Å². The summed E-state index contributed by atoms with van der Waals surface area (Å²) in [4.78, 5) is 4.20. The fourth-order valence-corrected chi connectivity index (χ4v) is 2.32. The van der Waals surface area contributed by atoms with Crippen molar-refractivity contribution in [1.29, 1.82) is 0 Å². The van der Waals surface area contributed by atoms with Gasteiger partial charge in [0.1, 0.15) is 5.82 Å². The second-order valence-electron chi connectivity index (χ2n) is 4.31. The van der Waals surface area contributed by atoms with E-state index in [0.717, 1.165) is 23.0 Å². The van der Waals surface area contributed by atoms with Crippen LogP contribution in [0.2, 0.25) is 0 Å². The third-order valence-electron chi connectivity index (χ3n) is 2.78. The van der Waals surface area contributed by atoms with Crippen molar-refractivity contribution in [3.63, 3.8) is 0 Å². The van der Waals surface area contributed by atoms with Crippen molar-refractivity contribution in [2.24, 2.45) is 0 Å². The fraction of sp³-hybridized carbons (Fsp3) is 0.125. The summed E-state index contributed by atoms with van der Waals surface area (Å²) in [5.41, 5.74) is 2.07. The number of hydrogen-bond donors (Lipinski definition) is 2. The summed E-state index contributed by atoms with van der Waals surface area (Å²) in [6.07, 6.45) is 7.95. The maximum Gasteiger partial charge on any atom is 0.171 e. The minimum atomic E-state index is 0.544. The van der Waals surface area contributed by atoms with E-state index in [1.807, 2.05) is 36.4 Å². The topological polar surface area (TPSA) is 37.0 Å². The number of rotatable bonds is 4. The van der Waals surface area contributed by atoms with Gasteiger partial charge in [-0.3, -0.25) is 0 Å². The molecule has 0 aliphatic rings. The Kier molecular flexibility index (Phi) is 5.73. The predicted octanol–water partition coefficient (Wildman–Crippen LogP) is 3.35. The summed E-state index contributed by atoms with van der Waals surface area (Å²) in [7, 11) is 0. The van der Waals surface area contributed by atoms with E-state index in [4.69, 9.17) is 18.6 Å². The lowest BCUT2D eigenvalue weighted by atomic mass is 10.1. The lowest BCUT2D eigenvalue weighted by molar-refractivity contribution is 0.872. The molecule has 0 bridgehead atoms. The van der Waals surface area contributed by atoms with Crippen LogP contribution in [0.25, 0.3) is 0 Å². The third-order valence-corrected chi connectivity index (χ3v) is 3.67. The van der Waals surface area contributed by atoms with Crippen LogP contribution in [0.3, 0.4) is 0 Å². The normalized spacial score (nSPS) is 9.71. The molecule has 0 atom stereocenters. The van der Waals surface area contributed by atoms with Gasteiger partial charge in [-0.15, -0.1) is 6.42 Å². The van der Waals surface area contributed by atoms with Crippen molar-refractivity contribution in [3.05, 3.63) is 58.2 Å². The Bertz CT molecular complexity index is 679. The molecule has 0 spiro atoms. The average molecular weight is 360 g/mol. The summed E-state index contributed by atoms with van der Waals surface area (Å²) in [6.45, 7) is 0.726. The van der Waals surface area contributed by atoms with Crippen LogP contribution in [0.15, 0.2) is 47.1 Å². The van der Waals surface area contributed by atoms with Crippen LogP contribution in [-0.2, 0) is 6.42 Å². The number of pyridine rings is 1. The smallest absolute Gasteiger partial charge is 0.171 e. The zero-order chi connectivity index (χ0) is 15.1. The van der Waals surface area contributed by atoms with Crippen LogP contribution in [0.4, 0.5) is 5.82 Å². The second kappa shape index (κ2) is 7.77. The average Bonchev–Trinajstić information content (AvgIpc) is 2.50. The molecule has 2 aromatic rings. The number of thiocarbonyl (C=S) groups is 1. The van der Waals surface area contributed by atoms with Gasteiger partial charge in [-0.2, -0.15) is 0 Å². The summed E-state index contributed by atoms with van der Waals surface area (Å²) in [6, 6.07) is 11.7. The van der Waals surface area contributed by atoms with Crippen molar-refractivity contribution in [3.8, 4) is 12.3 Å². The lowest BCUT2D eigenvalue weighted by Crippen LogP contribution is -2.30. The zero-order valence-corrected chi connectivity index (χ0v) is 13.7. The molecule has 3 nitrogen and oxygen atoms in total. The van der Waals surface area contributed by atoms with E-state index < -0.39 is 0 Å². The molecule has 21 heavy (non-hydrogen) atoms. The SMILES string of the molecule is C#Cc1cccc(CCNC(=S)Nc2ncccc2Br)c1. The minimum Gasteiger partial charge on any atom is -0.362 e. The third kappa shape index (κ3) is 4.85. The van der Waals surface area contributed by atoms with E-state index in [1.54, 1.807) is 6.20 Å². The summed E-state index contributed by atoms with van der Waals surface area (Å²) < 4.78 is 0.871. The number of anilines is 1. The van der Waals surface area contributed by atoms with Crippen molar-refractivity contribution in [2.75, 3.05) is 11.9 Å². The first-order valence-corrected chi connectivity index (χ1v) is 7.60. The van der Waals surface area contributed by atoms with Crippen molar-refractivity contribution in [2.45, 2.75) is 6.42 Å². The molecule has 1 heterocycles. The van der Waals surface area contributed by atoms with Gasteiger partial charge in [0.15, 0.2) is 5.11 Å². The number of aromatic nitrogens is 1. The number of hydrogen-bond acceptors (Lipinski definition) is 2. The molecule has 2 N–H and O–H groups in total. The monoisotopic (exact) mass is 359 g/mol. The molecule has 0 aliphatic heterocycles. The molecule has 0 saturated heterocycles. The molecule has 0 aliphatic carbocycles. The maximum absolute atomic E-state index is 5.39. The lowest BCUT2D eigenvalue weighted by Gasteiger charge is -2.11. The standard InChI is InChI=1S/C16H14BrN3S/c1-2-12-5-3-6-13(11-12)8-10-19-16(21)20-15-14(17)7-4-9-18-15/h1,3-7,9,11H,8,10H2,(H2,18,19,20,21). The molecule has 106 valence electrons. The number of nitrogens with one attached hydrogen (secondary N) is 2. The summed E-state index contributed by atoms with van der Waals surface area (Å²) in [5.74, 6) is 3.33. The molecule has 1 aromatic heterocycles. The molecule has 0 fully saturated rings. The highest BCUT2D eigenvalue weighted by molar-refractivity contribution is 9.10. The Morgan fingerprint density at radius 1 is 1.33 bits per heavy atom. The minimum absolute atomic E-state index is 0.544. The molecule has 0 amide bonds. The molecule has 0 unspecified atom stereocenters. The van der Waals surface area contributed by atoms with Crippen molar-refractivity contribution < 1.29 is 0 Å². The molecular weight excluding hydrogens is 346 g/mol. The predicted molar refractivity (Wildman–Crippen MR) is 94.2 cm³/mol. The second-order valence-corrected chi connectivity index (χ2v) is 5.57. The van der Waals surface area contributed by atoms with Crippen LogP contribution in [0, 0.1) is 12.3 Å². The maximum atomic E-state index is 5.39. The number of terminal acetylenes is 1. The quantitative estimate of drug-likeness (QED) is 0.648. The van der Waals surface area contributed by atoms with E-state index in [2.05, 4.69) is 37.5 Å². The first-order chi connectivity index (χ1) is 10.2. The molecule has 1 aromatic carbocycles.